The summed E-state index contributed by atoms with van der Waals surface area (Å²) in [6, 6.07) is 4.07. The molecule has 0 spiro atoms. The number of rotatable bonds is 10. The van der Waals surface area contributed by atoms with E-state index in [9.17, 15) is 19.2 Å². The molecule has 2 aromatic rings. The van der Waals surface area contributed by atoms with Crippen LogP contribution in [0, 0.1) is 0 Å². The number of nitrogens with zero attached hydrogens (tertiary/aromatic N) is 1. The second-order valence-electron chi connectivity index (χ2n) is 7.55. The molecule has 0 aliphatic carbocycles. The zero-order chi connectivity index (χ0) is 24.0. The number of nitrogens with one attached hydrogen (secondary N) is 1. The molecule has 2 rings (SSSR count). The van der Waals surface area contributed by atoms with E-state index in [4.69, 9.17) is 14.6 Å². The van der Waals surface area contributed by atoms with Crippen LogP contribution < -0.4 is 15.8 Å². The lowest BCUT2D eigenvalue weighted by molar-refractivity contribution is -0.146. The summed E-state index contributed by atoms with van der Waals surface area (Å²) < 4.78 is 5.53. The summed E-state index contributed by atoms with van der Waals surface area (Å²) >= 11 is 0. The maximum Gasteiger partial charge on any atom is 0.343 e. The van der Waals surface area contributed by atoms with Gasteiger partial charge in [-0.2, -0.15) is 0 Å². The van der Waals surface area contributed by atoms with Crippen molar-refractivity contribution < 1.29 is 29.0 Å². The zero-order valence-corrected chi connectivity index (χ0v) is 18.5. The first-order valence-electron chi connectivity index (χ1n) is 10.4. The Hall–Kier alpha value is -3.62. The van der Waals surface area contributed by atoms with Crippen LogP contribution in [0.15, 0.2) is 33.5 Å². The van der Waals surface area contributed by atoms with E-state index in [1.165, 1.54) is 6.08 Å². The summed E-state index contributed by atoms with van der Waals surface area (Å²) in [5, 5.41) is 20.7. The van der Waals surface area contributed by atoms with Crippen LogP contribution in [0.4, 0.5) is 5.69 Å². The van der Waals surface area contributed by atoms with Crippen molar-refractivity contribution in [1.29, 1.82) is 0 Å². The van der Waals surface area contributed by atoms with E-state index in [1.807, 2.05) is 45.9 Å². The molecule has 1 atom stereocenters. The number of carbonyl (C=O) groups excluding carboxylic acids is 1. The van der Waals surface area contributed by atoms with Gasteiger partial charge in [0.25, 0.3) is 0 Å². The van der Waals surface area contributed by atoms with E-state index in [0.29, 0.717) is 11.1 Å². The Kier molecular flexibility index (Phi) is 8.17. The predicted molar refractivity (Wildman–Crippen MR) is 121 cm³/mol. The molecule has 32 heavy (non-hydrogen) atoms. The number of amides is 1. The normalized spacial score (nSPS) is 12.3. The Morgan fingerprint density at radius 3 is 2.34 bits per heavy atom. The maximum absolute atomic E-state index is 12.7. The second kappa shape index (κ2) is 10.6. The number of fused-ring (bicyclic) bond motifs is 1. The van der Waals surface area contributed by atoms with Gasteiger partial charge >= 0.3 is 17.6 Å². The van der Waals surface area contributed by atoms with Crippen LogP contribution in [0.5, 0.6) is 0 Å². The van der Waals surface area contributed by atoms with Crippen LogP contribution in [-0.2, 0) is 14.4 Å². The third-order valence-corrected chi connectivity index (χ3v) is 5.07. The fraction of sp³-hybridized carbons (Fsp3) is 0.391. The molecule has 0 radical (unpaired) electrons. The number of carboxylic acid groups (broad SMARTS) is 2. The van der Waals surface area contributed by atoms with Gasteiger partial charge < -0.3 is 24.8 Å². The molecule has 1 aromatic carbocycles. The summed E-state index contributed by atoms with van der Waals surface area (Å²) in [4.78, 5) is 48.9. The van der Waals surface area contributed by atoms with Crippen LogP contribution in [0.1, 0.15) is 51.2 Å². The van der Waals surface area contributed by atoms with Gasteiger partial charge in [-0.05, 0) is 43.5 Å². The number of anilines is 1. The maximum atomic E-state index is 12.7. The molecule has 1 aromatic heterocycles. The smallest absolute Gasteiger partial charge is 0.343 e. The van der Waals surface area contributed by atoms with Crippen molar-refractivity contribution >= 4 is 40.6 Å². The first kappa shape index (κ1) is 24.6. The van der Waals surface area contributed by atoms with Gasteiger partial charge in [0.15, 0.2) is 0 Å². The standard InChI is InChI=1S/C23H28N2O7/c1-5-25(6-2)14-7-8-15-18(11-14)32-23(31)16(21(15)13(3)4)9-10-19(26)24-17(22(29)30)12-20(27)28/h7-11,13,17H,5-6,12H2,1-4H3,(H,24,26)(H,27,28)(H,29,30)/b10-9+. The second-order valence-corrected chi connectivity index (χ2v) is 7.55. The van der Waals surface area contributed by atoms with Crippen molar-refractivity contribution in [2.45, 2.75) is 46.1 Å². The van der Waals surface area contributed by atoms with Crippen molar-refractivity contribution in [2.75, 3.05) is 18.0 Å². The summed E-state index contributed by atoms with van der Waals surface area (Å²) in [5.74, 6) is -3.72. The van der Waals surface area contributed by atoms with Gasteiger partial charge in [0, 0.05) is 36.3 Å². The molecule has 9 heteroatoms. The van der Waals surface area contributed by atoms with E-state index < -0.39 is 35.9 Å². The Bertz CT molecular complexity index is 1100. The van der Waals surface area contributed by atoms with Crippen LogP contribution in [-0.4, -0.2) is 47.2 Å². The number of carbonyl (C=O) groups is 3. The molecule has 3 N–H and O–H groups in total. The van der Waals surface area contributed by atoms with E-state index in [0.717, 1.165) is 30.2 Å². The zero-order valence-electron chi connectivity index (χ0n) is 18.5. The number of hydrogen-bond acceptors (Lipinski definition) is 6. The molecule has 9 nitrogen and oxygen atoms in total. The Morgan fingerprint density at radius 1 is 1.16 bits per heavy atom. The van der Waals surface area contributed by atoms with Gasteiger partial charge in [0.2, 0.25) is 5.91 Å². The number of hydrogen-bond donors (Lipinski definition) is 3. The monoisotopic (exact) mass is 444 g/mol. The molecule has 0 aliphatic rings. The highest BCUT2D eigenvalue weighted by molar-refractivity contribution is 5.96. The summed E-state index contributed by atoms with van der Waals surface area (Å²) in [6.45, 7) is 9.51. The Morgan fingerprint density at radius 2 is 1.81 bits per heavy atom. The third kappa shape index (κ3) is 5.75. The minimum atomic E-state index is -1.58. The quantitative estimate of drug-likeness (QED) is 0.376. The number of benzene rings is 1. The SMILES string of the molecule is CCN(CC)c1ccc2c(C(C)C)c(/C=C/C(=O)NC(CC(=O)O)C(=O)O)c(=O)oc2c1. The molecule has 0 saturated carbocycles. The average molecular weight is 444 g/mol. The van der Waals surface area contributed by atoms with Crippen molar-refractivity contribution in [2.24, 2.45) is 0 Å². The van der Waals surface area contributed by atoms with Crippen molar-refractivity contribution in [1.82, 2.24) is 5.32 Å². The minimum absolute atomic E-state index is 0.0672. The fourth-order valence-electron chi connectivity index (χ4n) is 3.55. The van der Waals surface area contributed by atoms with Crippen LogP contribution >= 0.6 is 0 Å². The van der Waals surface area contributed by atoms with Crippen molar-refractivity contribution in [3.8, 4) is 0 Å². The molecule has 1 amide bonds. The van der Waals surface area contributed by atoms with Crippen LogP contribution in [0.2, 0.25) is 0 Å². The fourth-order valence-corrected chi connectivity index (χ4v) is 3.55. The molecule has 172 valence electrons. The molecule has 0 bridgehead atoms. The average Bonchev–Trinajstić information content (AvgIpc) is 2.71. The number of carboxylic acids is 2. The Balaban J connectivity index is 2.46. The number of aliphatic carboxylic acids is 2. The van der Waals surface area contributed by atoms with Gasteiger partial charge in [0.1, 0.15) is 11.6 Å². The molecule has 1 unspecified atom stereocenters. The largest absolute Gasteiger partial charge is 0.481 e. The summed E-state index contributed by atoms with van der Waals surface area (Å²) in [5.41, 5.74) is 1.63. The van der Waals surface area contributed by atoms with Gasteiger partial charge in [-0.3, -0.25) is 9.59 Å². The lowest BCUT2D eigenvalue weighted by atomic mass is 9.94. The first-order valence-corrected chi connectivity index (χ1v) is 10.4. The minimum Gasteiger partial charge on any atom is -0.481 e. The molecular formula is C23H28N2O7. The lowest BCUT2D eigenvalue weighted by Gasteiger charge is -2.21. The molecular weight excluding hydrogens is 416 g/mol. The highest BCUT2D eigenvalue weighted by Gasteiger charge is 2.22. The van der Waals surface area contributed by atoms with E-state index >= 15 is 0 Å². The lowest BCUT2D eigenvalue weighted by Crippen LogP contribution is -2.41. The van der Waals surface area contributed by atoms with Gasteiger partial charge in [-0.15, -0.1) is 0 Å². The first-order chi connectivity index (χ1) is 15.1. The van der Waals surface area contributed by atoms with E-state index in [-0.39, 0.29) is 11.5 Å². The predicted octanol–water partition coefficient (Wildman–Crippen LogP) is 2.82. The van der Waals surface area contributed by atoms with Crippen molar-refractivity contribution in [3.05, 3.63) is 45.8 Å². The third-order valence-electron chi connectivity index (χ3n) is 5.07. The Labute approximate surface area is 185 Å². The highest BCUT2D eigenvalue weighted by atomic mass is 16.4. The molecule has 1 heterocycles. The van der Waals surface area contributed by atoms with E-state index in [1.54, 1.807) is 0 Å². The van der Waals surface area contributed by atoms with Crippen LogP contribution in [0.3, 0.4) is 0 Å². The highest BCUT2D eigenvalue weighted by Crippen LogP contribution is 2.30. The van der Waals surface area contributed by atoms with Gasteiger partial charge in [-0.1, -0.05) is 13.8 Å². The molecule has 0 saturated heterocycles. The molecule has 0 aliphatic heterocycles. The van der Waals surface area contributed by atoms with Gasteiger partial charge in [-0.25, -0.2) is 9.59 Å². The topological polar surface area (TPSA) is 137 Å². The van der Waals surface area contributed by atoms with E-state index in [2.05, 4.69) is 10.2 Å². The molecule has 0 fully saturated rings. The summed E-state index contributed by atoms with van der Waals surface area (Å²) in [6.07, 6.45) is 1.51. The van der Waals surface area contributed by atoms with Crippen LogP contribution in [0.25, 0.3) is 17.0 Å². The van der Waals surface area contributed by atoms with Gasteiger partial charge in [0.05, 0.1) is 12.0 Å². The summed E-state index contributed by atoms with van der Waals surface area (Å²) in [7, 11) is 0. The van der Waals surface area contributed by atoms with Crippen molar-refractivity contribution in [3.63, 3.8) is 0 Å².